The highest BCUT2D eigenvalue weighted by molar-refractivity contribution is 5.89. The summed E-state index contributed by atoms with van der Waals surface area (Å²) < 4.78 is 15.7. The Kier molecular flexibility index (Phi) is 8.46. The van der Waals surface area contributed by atoms with Crippen molar-refractivity contribution in [2.45, 2.75) is 38.6 Å². The van der Waals surface area contributed by atoms with Gasteiger partial charge in [0.2, 0.25) is 0 Å². The third-order valence-electron chi connectivity index (χ3n) is 4.94. The van der Waals surface area contributed by atoms with Crippen molar-refractivity contribution in [3.8, 4) is 11.8 Å². The third kappa shape index (κ3) is 6.84. The minimum atomic E-state index is -0.157. The fourth-order valence-electron chi connectivity index (χ4n) is 3.17. The Labute approximate surface area is 182 Å². The van der Waals surface area contributed by atoms with E-state index in [1.807, 2.05) is 48.5 Å². The Hall–Kier alpha value is -3.35. The number of carbonyl (C=O) groups excluding carboxylic acids is 1. The van der Waals surface area contributed by atoms with Crippen molar-refractivity contribution in [3.05, 3.63) is 54.1 Å². The van der Waals surface area contributed by atoms with E-state index >= 15 is 0 Å². The molecule has 7 heteroatoms. The van der Waals surface area contributed by atoms with Crippen molar-refractivity contribution in [2.75, 3.05) is 26.1 Å². The molecule has 0 saturated carbocycles. The number of ether oxygens (including phenoxy) is 3. The highest BCUT2D eigenvalue weighted by Gasteiger charge is 2.09. The van der Waals surface area contributed by atoms with Crippen LogP contribution in [0.3, 0.4) is 0 Å². The SMILES string of the molecule is COC(=O)CCCCCCOc1nc(NCc2ccc(OC)cc2)c2ccccc2n1. The number of aromatic nitrogens is 2. The molecular formula is C24H29N3O4. The molecule has 0 aliphatic carbocycles. The summed E-state index contributed by atoms with van der Waals surface area (Å²) in [5, 5.41) is 4.35. The number of benzene rings is 2. The molecule has 0 unspecified atom stereocenters. The van der Waals surface area contributed by atoms with Gasteiger partial charge in [-0.2, -0.15) is 9.97 Å². The maximum atomic E-state index is 11.1. The van der Waals surface area contributed by atoms with Crippen molar-refractivity contribution in [1.29, 1.82) is 0 Å². The summed E-state index contributed by atoms with van der Waals surface area (Å²) in [6.45, 7) is 1.17. The molecule has 0 saturated heterocycles. The molecule has 0 bridgehead atoms. The Morgan fingerprint density at radius 1 is 0.935 bits per heavy atom. The van der Waals surface area contributed by atoms with E-state index in [9.17, 15) is 4.79 Å². The quantitative estimate of drug-likeness (QED) is 0.332. The zero-order valence-corrected chi connectivity index (χ0v) is 18.1. The Bertz CT molecular complexity index is 976. The van der Waals surface area contributed by atoms with Gasteiger partial charge in [0.15, 0.2) is 0 Å². The van der Waals surface area contributed by atoms with Gasteiger partial charge < -0.3 is 19.5 Å². The van der Waals surface area contributed by atoms with Crippen molar-refractivity contribution < 1.29 is 19.0 Å². The lowest BCUT2D eigenvalue weighted by Gasteiger charge is -2.12. The summed E-state index contributed by atoms with van der Waals surface area (Å²) in [5.74, 6) is 1.42. The number of nitrogens with one attached hydrogen (secondary N) is 1. The third-order valence-corrected chi connectivity index (χ3v) is 4.94. The van der Waals surface area contributed by atoms with E-state index in [-0.39, 0.29) is 5.97 Å². The molecule has 7 nitrogen and oxygen atoms in total. The van der Waals surface area contributed by atoms with Crippen molar-refractivity contribution in [1.82, 2.24) is 9.97 Å². The van der Waals surface area contributed by atoms with E-state index in [0.717, 1.165) is 53.7 Å². The monoisotopic (exact) mass is 423 g/mol. The summed E-state index contributed by atoms with van der Waals surface area (Å²) in [5.41, 5.74) is 1.96. The Balaban J connectivity index is 1.56. The molecule has 0 aliphatic rings. The second-order valence-corrected chi connectivity index (χ2v) is 7.16. The number of para-hydroxylation sites is 1. The van der Waals surface area contributed by atoms with Crippen LogP contribution in [-0.2, 0) is 16.1 Å². The van der Waals surface area contributed by atoms with Gasteiger partial charge in [-0.25, -0.2) is 0 Å². The summed E-state index contributed by atoms with van der Waals surface area (Å²) in [6, 6.07) is 16.2. The molecule has 1 heterocycles. The highest BCUT2D eigenvalue weighted by atomic mass is 16.5. The van der Waals surface area contributed by atoms with Crippen LogP contribution in [0.2, 0.25) is 0 Å². The van der Waals surface area contributed by atoms with E-state index in [2.05, 4.69) is 20.0 Å². The minimum absolute atomic E-state index is 0.157. The number of hydrogen-bond acceptors (Lipinski definition) is 7. The zero-order chi connectivity index (χ0) is 21.9. The summed E-state index contributed by atoms with van der Waals surface area (Å²) in [6.07, 6.45) is 4.12. The van der Waals surface area contributed by atoms with Gasteiger partial charge in [-0.15, -0.1) is 0 Å². The molecule has 3 rings (SSSR count). The smallest absolute Gasteiger partial charge is 0.318 e. The number of fused-ring (bicyclic) bond motifs is 1. The van der Waals surface area contributed by atoms with Crippen LogP contribution in [0.15, 0.2) is 48.5 Å². The molecule has 0 aliphatic heterocycles. The van der Waals surface area contributed by atoms with Crippen molar-refractivity contribution in [3.63, 3.8) is 0 Å². The second kappa shape index (κ2) is 11.7. The number of esters is 1. The Morgan fingerprint density at radius 3 is 2.48 bits per heavy atom. The summed E-state index contributed by atoms with van der Waals surface area (Å²) in [7, 11) is 3.07. The molecule has 0 atom stereocenters. The van der Waals surface area contributed by atoms with Gasteiger partial charge in [-0.3, -0.25) is 4.79 Å². The molecule has 0 spiro atoms. The van der Waals surface area contributed by atoms with Gasteiger partial charge in [0.05, 0.1) is 26.3 Å². The average molecular weight is 424 g/mol. The maximum absolute atomic E-state index is 11.1. The van der Waals surface area contributed by atoms with Crippen molar-refractivity contribution >= 4 is 22.7 Å². The Morgan fingerprint density at radius 2 is 1.71 bits per heavy atom. The van der Waals surface area contributed by atoms with Gasteiger partial charge in [-0.05, 0) is 42.7 Å². The zero-order valence-electron chi connectivity index (χ0n) is 18.1. The van der Waals surface area contributed by atoms with Crippen LogP contribution in [0.25, 0.3) is 10.9 Å². The number of nitrogens with zero attached hydrogens (tertiary/aromatic N) is 2. The van der Waals surface area contributed by atoms with Crippen LogP contribution >= 0.6 is 0 Å². The normalized spacial score (nSPS) is 10.6. The first kappa shape index (κ1) is 22.3. The number of rotatable bonds is 12. The lowest BCUT2D eigenvalue weighted by atomic mass is 10.1. The lowest BCUT2D eigenvalue weighted by molar-refractivity contribution is -0.140. The van der Waals surface area contributed by atoms with E-state index < -0.39 is 0 Å². The largest absolute Gasteiger partial charge is 0.497 e. The number of unbranched alkanes of at least 4 members (excludes halogenated alkanes) is 3. The van der Waals surface area contributed by atoms with E-state index in [0.29, 0.717) is 25.6 Å². The lowest BCUT2D eigenvalue weighted by Crippen LogP contribution is -2.07. The molecule has 164 valence electrons. The fraction of sp³-hybridized carbons (Fsp3) is 0.375. The first-order valence-electron chi connectivity index (χ1n) is 10.5. The maximum Gasteiger partial charge on any atom is 0.318 e. The van der Waals surface area contributed by atoms with E-state index in [4.69, 9.17) is 9.47 Å². The molecule has 1 N–H and O–H groups in total. The number of methoxy groups -OCH3 is 2. The molecule has 0 amide bonds. The number of carbonyl (C=O) groups is 1. The molecule has 31 heavy (non-hydrogen) atoms. The second-order valence-electron chi connectivity index (χ2n) is 7.16. The van der Waals surface area contributed by atoms with E-state index in [1.165, 1.54) is 7.11 Å². The van der Waals surface area contributed by atoms with Crippen LogP contribution in [0, 0.1) is 0 Å². The molecular weight excluding hydrogens is 394 g/mol. The van der Waals surface area contributed by atoms with Crippen LogP contribution in [0.4, 0.5) is 5.82 Å². The van der Waals surface area contributed by atoms with Gasteiger partial charge in [-0.1, -0.05) is 37.1 Å². The van der Waals surface area contributed by atoms with Gasteiger partial charge in [0.25, 0.3) is 0 Å². The average Bonchev–Trinajstić information content (AvgIpc) is 2.82. The van der Waals surface area contributed by atoms with Crippen LogP contribution in [-0.4, -0.2) is 36.8 Å². The van der Waals surface area contributed by atoms with E-state index in [1.54, 1.807) is 7.11 Å². The topological polar surface area (TPSA) is 82.6 Å². The highest BCUT2D eigenvalue weighted by Crippen LogP contribution is 2.24. The van der Waals surface area contributed by atoms with Gasteiger partial charge in [0, 0.05) is 18.4 Å². The first-order chi connectivity index (χ1) is 15.2. The fourth-order valence-corrected chi connectivity index (χ4v) is 3.17. The predicted octanol–water partition coefficient (Wildman–Crippen LogP) is 4.75. The molecule has 0 radical (unpaired) electrons. The first-order valence-corrected chi connectivity index (χ1v) is 10.5. The summed E-state index contributed by atoms with van der Waals surface area (Å²) in [4.78, 5) is 20.2. The standard InChI is InChI=1S/C24H29N3O4/c1-29-19-14-12-18(13-15-19)17-25-23-20-9-6-7-10-21(20)26-24(27-23)31-16-8-4-3-5-11-22(28)30-2/h6-7,9-10,12-15H,3-5,8,11,16-17H2,1-2H3,(H,25,26,27). The minimum Gasteiger partial charge on any atom is -0.497 e. The van der Waals surface area contributed by atoms with Gasteiger partial charge >= 0.3 is 12.0 Å². The predicted molar refractivity (Wildman–Crippen MR) is 120 cm³/mol. The molecule has 2 aromatic carbocycles. The molecule has 1 aromatic heterocycles. The van der Waals surface area contributed by atoms with Crippen LogP contribution in [0.1, 0.15) is 37.7 Å². The molecule has 3 aromatic rings. The number of hydrogen-bond donors (Lipinski definition) is 1. The molecule has 0 fully saturated rings. The number of anilines is 1. The van der Waals surface area contributed by atoms with Crippen LogP contribution < -0.4 is 14.8 Å². The van der Waals surface area contributed by atoms with Gasteiger partial charge in [0.1, 0.15) is 11.6 Å². The van der Waals surface area contributed by atoms with Crippen molar-refractivity contribution in [2.24, 2.45) is 0 Å². The summed E-state index contributed by atoms with van der Waals surface area (Å²) >= 11 is 0. The van der Waals surface area contributed by atoms with Crippen LogP contribution in [0.5, 0.6) is 11.8 Å².